The summed E-state index contributed by atoms with van der Waals surface area (Å²) in [6.45, 7) is 4.14. The van der Waals surface area contributed by atoms with Gasteiger partial charge in [-0.1, -0.05) is 65.1 Å². The number of alkyl halides is 3. The van der Waals surface area contributed by atoms with E-state index in [4.69, 9.17) is 34.8 Å². The molecule has 0 aliphatic carbocycles. The summed E-state index contributed by atoms with van der Waals surface area (Å²) < 4.78 is -1.65. The number of aromatic nitrogens is 2. The summed E-state index contributed by atoms with van der Waals surface area (Å²) in [6.07, 6.45) is 0. The highest BCUT2D eigenvalue weighted by Crippen LogP contribution is 2.38. The average molecular weight is 352 g/mol. The van der Waals surface area contributed by atoms with Crippen molar-refractivity contribution < 1.29 is 0 Å². The van der Waals surface area contributed by atoms with Gasteiger partial charge in [-0.3, -0.25) is 0 Å². The van der Waals surface area contributed by atoms with Crippen LogP contribution in [0.25, 0.3) is 22.2 Å². The molecule has 0 saturated carbocycles. The second-order valence-corrected chi connectivity index (χ2v) is 7.49. The number of aryl methyl sites for hydroxylation is 2. The molecule has 22 heavy (non-hydrogen) atoms. The molecule has 0 radical (unpaired) electrons. The molecule has 0 amide bonds. The molecule has 0 spiro atoms. The molecule has 5 heteroatoms. The van der Waals surface area contributed by atoms with E-state index < -0.39 is 3.79 Å². The van der Waals surface area contributed by atoms with Gasteiger partial charge in [0.15, 0.2) is 5.82 Å². The van der Waals surface area contributed by atoms with Gasteiger partial charge >= 0.3 is 0 Å². The molecule has 0 saturated heterocycles. The highest BCUT2D eigenvalue weighted by molar-refractivity contribution is 6.66. The van der Waals surface area contributed by atoms with Crippen LogP contribution >= 0.6 is 34.8 Å². The number of fused-ring (bicyclic) bond motifs is 1. The Kier molecular flexibility index (Phi) is 4.02. The van der Waals surface area contributed by atoms with Gasteiger partial charge in [0.2, 0.25) is 3.79 Å². The zero-order chi connectivity index (χ0) is 15.9. The Morgan fingerprint density at radius 1 is 0.864 bits per heavy atom. The van der Waals surface area contributed by atoms with E-state index in [-0.39, 0.29) is 5.82 Å². The number of benzene rings is 2. The Morgan fingerprint density at radius 3 is 2.27 bits per heavy atom. The normalized spacial score (nSPS) is 11.9. The van der Waals surface area contributed by atoms with Crippen LogP contribution < -0.4 is 0 Å². The van der Waals surface area contributed by atoms with Crippen molar-refractivity contribution in [3.8, 4) is 11.3 Å². The molecular formula is C17H13Cl3N2. The first-order valence-corrected chi connectivity index (χ1v) is 7.91. The van der Waals surface area contributed by atoms with E-state index in [1.54, 1.807) is 0 Å². The van der Waals surface area contributed by atoms with E-state index >= 15 is 0 Å². The van der Waals surface area contributed by atoms with Crippen molar-refractivity contribution in [1.82, 2.24) is 9.97 Å². The summed E-state index contributed by atoms with van der Waals surface area (Å²) in [5.41, 5.74) is 4.93. The quantitative estimate of drug-likeness (QED) is 0.522. The molecule has 0 aliphatic rings. The van der Waals surface area contributed by atoms with E-state index in [2.05, 4.69) is 35.9 Å². The molecule has 0 unspecified atom stereocenters. The third kappa shape index (κ3) is 2.91. The van der Waals surface area contributed by atoms with Crippen molar-refractivity contribution in [3.05, 3.63) is 59.4 Å². The second-order valence-electron chi connectivity index (χ2n) is 5.21. The lowest BCUT2D eigenvalue weighted by atomic mass is 10.0. The van der Waals surface area contributed by atoms with E-state index in [0.717, 1.165) is 22.2 Å². The van der Waals surface area contributed by atoms with Gasteiger partial charge in [0, 0.05) is 10.9 Å². The number of halogens is 3. The van der Waals surface area contributed by atoms with E-state index in [0.29, 0.717) is 0 Å². The molecule has 2 nitrogen and oxygen atoms in total. The molecule has 0 bridgehead atoms. The summed E-state index contributed by atoms with van der Waals surface area (Å²) >= 11 is 17.9. The lowest BCUT2D eigenvalue weighted by Crippen LogP contribution is -2.08. The summed E-state index contributed by atoms with van der Waals surface area (Å²) in [5.74, 6) is 0.185. The SMILES string of the molecule is Cc1ccc(-c2nc(C(Cl)(Cl)Cl)nc3ccccc23)cc1C. The van der Waals surface area contributed by atoms with Gasteiger partial charge in [0.05, 0.1) is 11.2 Å². The summed E-state index contributed by atoms with van der Waals surface area (Å²) in [7, 11) is 0. The lowest BCUT2D eigenvalue weighted by molar-refractivity contribution is 0.999. The smallest absolute Gasteiger partial charge is 0.228 e. The van der Waals surface area contributed by atoms with Crippen LogP contribution in [0.4, 0.5) is 0 Å². The van der Waals surface area contributed by atoms with Gasteiger partial charge in [0.1, 0.15) is 0 Å². The van der Waals surface area contributed by atoms with Gasteiger partial charge < -0.3 is 0 Å². The molecule has 0 N–H and O–H groups in total. The minimum Gasteiger partial charge on any atom is -0.228 e. The summed E-state index contributed by atoms with van der Waals surface area (Å²) in [6, 6.07) is 13.9. The van der Waals surface area contributed by atoms with Gasteiger partial charge in [-0.2, -0.15) is 0 Å². The van der Waals surface area contributed by atoms with Gasteiger partial charge in [-0.15, -0.1) is 0 Å². The van der Waals surface area contributed by atoms with Crippen LogP contribution in [0.1, 0.15) is 17.0 Å². The topological polar surface area (TPSA) is 25.8 Å². The molecule has 0 aliphatic heterocycles. The first-order chi connectivity index (χ1) is 10.4. The third-order valence-corrected chi connectivity index (χ3v) is 4.14. The third-order valence-electron chi connectivity index (χ3n) is 3.64. The van der Waals surface area contributed by atoms with Crippen molar-refractivity contribution in [1.29, 1.82) is 0 Å². The summed E-state index contributed by atoms with van der Waals surface area (Å²) in [5, 5.41) is 0.934. The highest BCUT2D eigenvalue weighted by atomic mass is 35.6. The minimum atomic E-state index is -1.65. The van der Waals surface area contributed by atoms with Crippen molar-refractivity contribution in [3.63, 3.8) is 0 Å². The Balaban J connectivity index is 2.33. The van der Waals surface area contributed by atoms with Crippen LogP contribution in [0, 0.1) is 13.8 Å². The fraction of sp³-hybridized carbons (Fsp3) is 0.176. The maximum absolute atomic E-state index is 5.98. The number of nitrogens with zero attached hydrogens (tertiary/aromatic N) is 2. The minimum absolute atomic E-state index is 0.185. The monoisotopic (exact) mass is 350 g/mol. The van der Waals surface area contributed by atoms with Gasteiger partial charge in [-0.25, -0.2) is 9.97 Å². The molecule has 3 aromatic rings. The van der Waals surface area contributed by atoms with Gasteiger partial charge in [-0.05, 0) is 37.1 Å². The van der Waals surface area contributed by atoms with Crippen molar-refractivity contribution in [2.24, 2.45) is 0 Å². The molecule has 3 rings (SSSR count). The molecule has 0 fully saturated rings. The molecule has 0 atom stereocenters. The molecule has 1 aromatic heterocycles. The van der Waals surface area contributed by atoms with E-state index in [9.17, 15) is 0 Å². The number of para-hydroxylation sites is 1. The van der Waals surface area contributed by atoms with Crippen LogP contribution in [-0.2, 0) is 3.79 Å². The largest absolute Gasteiger partial charge is 0.250 e. The molecule has 112 valence electrons. The molecule has 1 heterocycles. The Labute approximate surface area is 144 Å². The average Bonchev–Trinajstić information content (AvgIpc) is 2.48. The van der Waals surface area contributed by atoms with E-state index in [1.807, 2.05) is 30.3 Å². The lowest BCUT2D eigenvalue weighted by Gasteiger charge is -2.14. The summed E-state index contributed by atoms with van der Waals surface area (Å²) in [4.78, 5) is 8.87. The van der Waals surface area contributed by atoms with Crippen LogP contribution in [0.2, 0.25) is 0 Å². The zero-order valence-electron chi connectivity index (χ0n) is 12.1. The zero-order valence-corrected chi connectivity index (χ0v) is 14.3. The Morgan fingerprint density at radius 2 is 1.59 bits per heavy atom. The fourth-order valence-corrected chi connectivity index (χ4v) is 2.57. The number of hydrogen-bond donors (Lipinski definition) is 0. The van der Waals surface area contributed by atoms with Crippen molar-refractivity contribution in [2.75, 3.05) is 0 Å². The Hall–Kier alpha value is -1.35. The maximum Gasteiger partial charge on any atom is 0.250 e. The number of hydrogen-bond acceptors (Lipinski definition) is 2. The Bertz CT molecular complexity index is 854. The molecule has 2 aromatic carbocycles. The predicted molar refractivity (Wildman–Crippen MR) is 93.7 cm³/mol. The van der Waals surface area contributed by atoms with Crippen molar-refractivity contribution in [2.45, 2.75) is 17.6 Å². The van der Waals surface area contributed by atoms with Crippen LogP contribution in [0.3, 0.4) is 0 Å². The fourth-order valence-electron chi connectivity index (χ4n) is 2.31. The standard InChI is InChI=1S/C17H13Cl3N2/c1-10-7-8-12(9-11(10)2)15-13-5-3-4-6-14(13)21-16(22-15)17(18,19)20/h3-9H,1-2H3. The second kappa shape index (κ2) is 5.69. The molecular weight excluding hydrogens is 339 g/mol. The van der Waals surface area contributed by atoms with Gasteiger partial charge in [0.25, 0.3) is 0 Å². The first kappa shape index (κ1) is 15.5. The van der Waals surface area contributed by atoms with Crippen molar-refractivity contribution >= 4 is 45.7 Å². The van der Waals surface area contributed by atoms with Crippen LogP contribution in [0.5, 0.6) is 0 Å². The van der Waals surface area contributed by atoms with Crippen LogP contribution in [-0.4, -0.2) is 9.97 Å². The van der Waals surface area contributed by atoms with Crippen LogP contribution in [0.15, 0.2) is 42.5 Å². The number of rotatable bonds is 1. The first-order valence-electron chi connectivity index (χ1n) is 6.78. The highest BCUT2D eigenvalue weighted by Gasteiger charge is 2.28. The van der Waals surface area contributed by atoms with E-state index in [1.165, 1.54) is 11.1 Å². The maximum atomic E-state index is 5.98. The predicted octanol–water partition coefficient (Wildman–Crippen LogP) is 5.74.